The molecule has 34 heavy (non-hydrogen) atoms. The molecule has 0 spiro atoms. The van der Waals surface area contributed by atoms with Crippen LogP contribution in [0.25, 0.3) is 11.0 Å². The highest BCUT2D eigenvalue weighted by molar-refractivity contribution is 7.60. The Kier molecular flexibility index (Phi) is 8.36. The smallest absolute Gasteiger partial charge is 0.386 e. The van der Waals surface area contributed by atoms with E-state index in [0.717, 1.165) is 12.8 Å². The van der Waals surface area contributed by atoms with E-state index in [4.69, 9.17) is 29.5 Å². The third kappa shape index (κ3) is 6.32. The van der Waals surface area contributed by atoms with Gasteiger partial charge in [0.05, 0.1) is 26.4 Å². The number of imidazole rings is 1. The van der Waals surface area contributed by atoms with Crippen molar-refractivity contribution in [2.75, 3.05) is 25.6 Å². The van der Waals surface area contributed by atoms with Crippen molar-refractivity contribution in [1.82, 2.24) is 9.55 Å². The molecule has 17 heteroatoms. The number of aliphatic hydroxyl groups excluding tert-OH is 1. The predicted molar refractivity (Wildman–Crippen MR) is 116 cm³/mol. The van der Waals surface area contributed by atoms with Crippen LogP contribution in [0.15, 0.2) is 17.2 Å². The number of unbranched alkanes of at least 4 members (excludes halogenated alkanes) is 1. The number of rotatable bonds is 11. The summed E-state index contributed by atoms with van der Waals surface area (Å²) in [5.41, 5.74) is 5.97. The van der Waals surface area contributed by atoms with Gasteiger partial charge in [-0.3, -0.25) is 9.32 Å². The van der Waals surface area contributed by atoms with Crippen LogP contribution in [0.3, 0.4) is 0 Å². The van der Waals surface area contributed by atoms with Crippen molar-refractivity contribution in [2.24, 2.45) is 13.0 Å². The molecule has 1 aliphatic rings. The van der Waals surface area contributed by atoms with Gasteiger partial charge in [-0.1, -0.05) is 13.3 Å². The summed E-state index contributed by atoms with van der Waals surface area (Å²) in [4.78, 5) is 42.0. The third-order valence-corrected chi connectivity index (χ3v) is 7.45. The number of nitrogens with one attached hydrogen (secondary N) is 1. The average molecular weight is 527 g/mol. The minimum Gasteiger partial charge on any atom is -0.386 e. The molecule has 5 atom stereocenters. The minimum absolute atomic E-state index is 0.00875. The number of anilines is 1. The van der Waals surface area contributed by atoms with Crippen LogP contribution in [0.5, 0.6) is 0 Å². The fraction of sp³-hybridized carbons (Fsp3) is 0.647. The van der Waals surface area contributed by atoms with E-state index < -0.39 is 52.2 Å². The van der Waals surface area contributed by atoms with Crippen LogP contribution in [-0.4, -0.2) is 61.4 Å². The van der Waals surface area contributed by atoms with E-state index in [-0.39, 0.29) is 17.9 Å². The number of aromatic nitrogens is 3. The second-order valence-corrected chi connectivity index (χ2v) is 10.7. The largest absolute Gasteiger partial charge is 0.481 e. The van der Waals surface area contributed by atoms with Gasteiger partial charge in [-0.25, -0.2) is 13.7 Å². The molecule has 192 valence electrons. The number of pyridine rings is 1. The van der Waals surface area contributed by atoms with E-state index >= 15 is 0 Å². The summed E-state index contributed by atoms with van der Waals surface area (Å²) in [7, 11) is -8.80. The fourth-order valence-corrected chi connectivity index (χ4v) is 5.39. The quantitative estimate of drug-likeness (QED) is 0.125. The molecular weight excluding hydrogens is 498 g/mol. The molecule has 15 nitrogen and oxygen atoms in total. The Morgan fingerprint density at radius 1 is 1.29 bits per heavy atom. The molecule has 2 aromatic rings. The van der Waals surface area contributed by atoms with Crippen molar-refractivity contribution in [1.29, 1.82) is 0 Å². The molecule has 0 amide bonds. The summed E-state index contributed by atoms with van der Waals surface area (Å²) < 4.78 is 45.9. The maximum absolute atomic E-state index is 12.3. The molecule has 1 saturated heterocycles. The Balaban J connectivity index is 1.87. The summed E-state index contributed by atoms with van der Waals surface area (Å²) >= 11 is 0. The number of aromatic amines is 1. The monoisotopic (exact) mass is 527 g/mol. The van der Waals surface area contributed by atoms with E-state index in [1.807, 2.05) is 6.92 Å². The highest BCUT2D eigenvalue weighted by atomic mass is 31.3. The third-order valence-electron chi connectivity index (χ3n) is 5.30. The first-order chi connectivity index (χ1) is 15.8. The molecule has 1 unspecified atom stereocenters. The molecule has 0 aromatic carbocycles. The second kappa shape index (κ2) is 10.5. The maximum atomic E-state index is 12.3. The number of ether oxygens (including phenoxy) is 2. The SMILES string of the molecule is CCCCOC[C@H]1[C@@H](O)[C@H](n2c[n+](C)c3c(=O)[nH]c(N)cc32)O[C@@H]1COP(=O)(O)OP(=O)(O)O. The lowest BCUT2D eigenvalue weighted by atomic mass is 9.99. The number of H-pyrrole nitrogens is 1. The summed E-state index contributed by atoms with van der Waals surface area (Å²) in [5, 5.41) is 11.1. The minimum atomic E-state index is -5.30. The molecule has 7 N–H and O–H groups in total. The van der Waals surface area contributed by atoms with Gasteiger partial charge in [-0.15, -0.1) is 0 Å². The lowest BCUT2D eigenvalue weighted by Gasteiger charge is -2.20. The van der Waals surface area contributed by atoms with Gasteiger partial charge in [0.1, 0.15) is 11.9 Å². The van der Waals surface area contributed by atoms with E-state index in [0.29, 0.717) is 12.1 Å². The standard InChI is InChI=1S/C17H28N4O11P2/c1-3-4-5-29-7-10-12(8-30-34(27,28)32-33(24,25)26)31-17(15(10)22)21-9-20(2)14-11(21)6-13(18)19-16(14)23/h6,9-10,12,15,17,22H,3-5,7-8H2,1-2H3,(H5-,18,19,23,24,25,26,27,28)/p+1/t10-,12-,15-,17-/m1/s1. The topological polar surface area (TPSA) is 220 Å². The number of nitrogen functional groups attached to an aromatic ring is 1. The van der Waals surface area contributed by atoms with Gasteiger partial charge in [0.25, 0.3) is 0 Å². The first-order valence-electron chi connectivity index (χ1n) is 10.4. The van der Waals surface area contributed by atoms with Gasteiger partial charge in [0.15, 0.2) is 5.52 Å². The Morgan fingerprint density at radius 2 is 2.00 bits per heavy atom. The summed E-state index contributed by atoms with van der Waals surface area (Å²) in [5.74, 6) is -0.654. The highest BCUT2D eigenvalue weighted by Gasteiger charge is 2.49. The summed E-state index contributed by atoms with van der Waals surface area (Å²) in [6, 6.07) is 1.50. The molecule has 1 aliphatic heterocycles. The second-order valence-electron chi connectivity index (χ2n) is 7.91. The van der Waals surface area contributed by atoms with Gasteiger partial charge in [-0.2, -0.15) is 8.88 Å². The van der Waals surface area contributed by atoms with Crippen molar-refractivity contribution in [3.8, 4) is 0 Å². The number of phosphoric ester groups is 1. The average Bonchev–Trinajstić information content (AvgIpc) is 3.18. The Morgan fingerprint density at radius 3 is 2.65 bits per heavy atom. The normalized spacial score (nSPS) is 25.1. The van der Waals surface area contributed by atoms with E-state index in [1.54, 1.807) is 7.05 Å². The van der Waals surface area contributed by atoms with Crippen LogP contribution in [0, 0.1) is 5.92 Å². The van der Waals surface area contributed by atoms with E-state index in [9.17, 15) is 23.9 Å². The number of phosphoric acid groups is 2. The number of hydrogen-bond acceptors (Lipinski definition) is 9. The van der Waals surface area contributed by atoms with Crippen molar-refractivity contribution in [3.05, 3.63) is 22.7 Å². The summed E-state index contributed by atoms with van der Waals surface area (Å²) in [6.45, 7) is 1.75. The Hall–Kier alpha value is -1.64. The van der Waals surface area contributed by atoms with E-state index in [1.165, 1.54) is 21.5 Å². The van der Waals surface area contributed by atoms with Gasteiger partial charge in [0.2, 0.25) is 18.1 Å². The number of aryl methyl sites for hydroxylation is 1. The zero-order valence-electron chi connectivity index (χ0n) is 18.5. The molecule has 0 saturated carbocycles. The molecule has 0 bridgehead atoms. The van der Waals surface area contributed by atoms with Crippen molar-refractivity contribution in [3.63, 3.8) is 0 Å². The van der Waals surface area contributed by atoms with Crippen molar-refractivity contribution >= 4 is 32.5 Å². The van der Waals surface area contributed by atoms with Crippen LogP contribution in [-0.2, 0) is 34.5 Å². The van der Waals surface area contributed by atoms with Gasteiger partial charge in [0, 0.05) is 18.6 Å². The number of hydrogen-bond donors (Lipinski definition) is 6. The van der Waals surface area contributed by atoms with Crippen molar-refractivity contribution < 1.29 is 51.8 Å². The van der Waals surface area contributed by atoms with Crippen molar-refractivity contribution in [2.45, 2.75) is 38.2 Å². The van der Waals surface area contributed by atoms with Gasteiger partial charge in [-0.05, 0) is 6.42 Å². The lowest BCUT2D eigenvalue weighted by molar-refractivity contribution is -0.646. The first-order valence-corrected chi connectivity index (χ1v) is 13.4. The molecule has 3 rings (SSSR count). The van der Waals surface area contributed by atoms with Crippen LogP contribution in [0.4, 0.5) is 5.82 Å². The zero-order chi connectivity index (χ0) is 25.3. The number of fused-ring (bicyclic) bond motifs is 1. The van der Waals surface area contributed by atoms with Crippen LogP contribution < -0.4 is 15.9 Å². The Bertz CT molecular complexity index is 1160. The Labute approximate surface area is 193 Å². The summed E-state index contributed by atoms with van der Waals surface area (Å²) in [6.07, 6.45) is -0.0974. The molecule has 2 aromatic heterocycles. The van der Waals surface area contributed by atoms with Crippen LogP contribution in [0.2, 0.25) is 0 Å². The predicted octanol–water partition coefficient (Wildman–Crippen LogP) is -0.346. The maximum Gasteiger partial charge on any atom is 0.481 e. The highest BCUT2D eigenvalue weighted by Crippen LogP contribution is 2.57. The van der Waals surface area contributed by atoms with Gasteiger partial charge < -0.3 is 40.0 Å². The molecular formula is C17H29N4O11P2+. The first kappa shape index (κ1) is 27.0. The van der Waals surface area contributed by atoms with Gasteiger partial charge >= 0.3 is 21.2 Å². The molecule has 1 fully saturated rings. The zero-order valence-corrected chi connectivity index (χ0v) is 20.3. The van der Waals surface area contributed by atoms with E-state index in [2.05, 4.69) is 9.29 Å². The van der Waals surface area contributed by atoms with Crippen LogP contribution >= 0.6 is 15.6 Å². The lowest BCUT2D eigenvalue weighted by Crippen LogP contribution is -2.33. The molecule has 3 heterocycles. The fourth-order valence-electron chi connectivity index (χ4n) is 3.79. The number of nitrogens with zero attached hydrogens (tertiary/aromatic N) is 2. The molecule has 0 aliphatic carbocycles. The van der Waals surface area contributed by atoms with Crippen LogP contribution in [0.1, 0.15) is 26.0 Å². The number of nitrogens with two attached hydrogens (primary N) is 1. The number of aliphatic hydroxyl groups is 1. The molecule has 0 radical (unpaired) electrons.